The fourth-order valence-corrected chi connectivity index (χ4v) is 2.54. The molecule has 0 spiro atoms. The number of nitrogens with one attached hydrogen (secondary N) is 2. The van der Waals surface area contributed by atoms with Gasteiger partial charge in [0.25, 0.3) is 0 Å². The number of amides is 1. The Bertz CT molecular complexity index is 313. The van der Waals surface area contributed by atoms with Crippen molar-refractivity contribution in [2.75, 3.05) is 27.2 Å². The van der Waals surface area contributed by atoms with E-state index in [0.29, 0.717) is 6.54 Å². The molecule has 1 fully saturated rings. The molecule has 0 heterocycles. The van der Waals surface area contributed by atoms with Crippen LogP contribution in [0.1, 0.15) is 32.6 Å². The molecule has 2 N–H and O–H groups in total. The molecule has 4 heteroatoms. The van der Waals surface area contributed by atoms with Gasteiger partial charge < -0.3 is 15.5 Å². The SMILES string of the molecule is C#CCNC(=O)C(C)NCC1(N(C)C)CCCC1. The molecular formula is C14H25N3O. The summed E-state index contributed by atoms with van der Waals surface area (Å²) in [5.74, 6) is 2.38. The summed E-state index contributed by atoms with van der Waals surface area (Å²) in [6.07, 6.45) is 10.1. The fourth-order valence-electron chi connectivity index (χ4n) is 2.54. The number of carbonyl (C=O) groups excluding carboxylic acids is 1. The van der Waals surface area contributed by atoms with Crippen LogP contribution >= 0.6 is 0 Å². The van der Waals surface area contributed by atoms with Crippen LogP contribution in [0.15, 0.2) is 0 Å². The first-order valence-corrected chi connectivity index (χ1v) is 6.64. The van der Waals surface area contributed by atoms with Crippen molar-refractivity contribution < 1.29 is 4.79 Å². The molecular weight excluding hydrogens is 226 g/mol. The molecule has 0 radical (unpaired) electrons. The normalized spacial score (nSPS) is 19.5. The molecule has 1 saturated carbocycles. The molecule has 0 aromatic carbocycles. The zero-order chi connectivity index (χ0) is 13.6. The standard InChI is InChI=1S/C14H25N3O/c1-5-10-15-13(18)12(2)16-11-14(17(3)4)8-6-7-9-14/h1,12,16H,6-11H2,2-4H3,(H,15,18). The van der Waals surface area contributed by atoms with E-state index < -0.39 is 0 Å². The van der Waals surface area contributed by atoms with Gasteiger partial charge in [-0.05, 0) is 33.9 Å². The van der Waals surface area contributed by atoms with Crippen LogP contribution in [0, 0.1) is 12.3 Å². The van der Waals surface area contributed by atoms with E-state index in [1.165, 1.54) is 25.7 Å². The quantitative estimate of drug-likeness (QED) is 0.679. The van der Waals surface area contributed by atoms with Crippen LogP contribution in [-0.2, 0) is 4.79 Å². The maximum Gasteiger partial charge on any atom is 0.237 e. The van der Waals surface area contributed by atoms with E-state index in [9.17, 15) is 4.79 Å². The Morgan fingerprint density at radius 1 is 1.44 bits per heavy atom. The highest BCUT2D eigenvalue weighted by atomic mass is 16.2. The second-order valence-corrected chi connectivity index (χ2v) is 5.35. The van der Waals surface area contributed by atoms with E-state index >= 15 is 0 Å². The number of carbonyl (C=O) groups is 1. The first kappa shape index (κ1) is 15.0. The van der Waals surface area contributed by atoms with Crippen LogP contribution in [0.5, 0.6) is 0 Å². The Morgan fingerprint density at radius 3 is 2.56 bits per heavy atom. The average Bonchev–Trinajstić information content (AvgIpc) is 2.83. The lowest BCUT2D eigenvalue weighted by molar-refractivity contribution is -0.122. The number of terminal acetylenes is 1. The minimum Gasteiger partial charge on any atom is -0.344 e. The van der Waals surface area contributed by atoms with E-state index in [1.54, 1.807) is 0 Å². The van der Waals surface area contributed by atoms with Gasteiger partial charge >= 0.3 is 0 Å². The number of nitrogens with zero attached hydrogens (tertiary/aromatic N) is 1. The summed E-state index contributed by atoms with van der Waals surface area (Å²) in [7, 11) is 4.24. The molecule has 18 heavy (non-hydrogen) atoms. The van der Waals surface area contributed by atoms with Crippen LogP contribution in [-0.4, -0.2) is 49.6 Å². The summed E-state index contributed by atoms with van der Waals surface area (Å²) < 4.78 is 0. The predicted molar refractivity (Wildman–Crippen MR) is 74.2 cm³/mol. The van der Waals surface area contributed by atoms with Gasteiger partial charge in [-0.25, -0.2) is 0 Å². The second-order valence-electron chi connectivity index (χ2n) is 5.35. The largest absolute Gasteiger partial charge is 0.344 e. The van der Waals surface area contributed by atoms with Gasteiger partial charge in [0.2, 0.25) is 5.91 Å². The Labute approximate surface area is 110 Å². The molecule has 1 atom stereocenters. The summed E-state index contributed by atoms with van der Waals surface area (Å²) in [4.78, 5) is 14.0. The van der Waals surface area contributed by atoms with Crippen LogP contribution < -0.4 is 10.6 Å². The minimum absolute atomic E-state index is 0.0279. The second kappa shape index (κ2) is 6.77. The molecule has 1 amide bonds. The van der Waals surface area contributed by atoms with Gasteiger partial charge in [-0.3, -0.25) is 4.79 Å². The summed E-state index contributed by atoms with van der Waals surface area (Å²) in [5, 5.41) is 6.03. The molecule has 1 unspecified atom stereocenters. The Morgan fingerprint density at radius 2 is 2.06 bits per heavy atom. The van der Waals surface area contributed by atoms with Crippen molar-refractivity contribution in [1.29, 1.82) is 0 Å². The van der Waals surface area contributed by atoms with Crippen molar-refractivity contribution in [2.45, 2.75) is 44.2 Å². The van der Waals surface area contributed by atoms with E-state index in [0.717, 1.165) is 6.54 Å². The Kier molecular flexibility index (Phi) is 5.64. The highest BCUT2D eigenvalue weighted by Crippen LogP contribution is 2.33. The summed E-state index contributed by atoms with van der Waals surface area (Å²) >= 11 is 0. The predicted octanol–water partition coefficient (Wildman–Crippen LogP) is 0.588. The number of rotatable bonds is 6. The van der Waals surface area contributed by atoms with Gasteiger partial charge in [0.1, 0.15) is 0 Å². The highest BCUT2D eigenvalue weighted by molar-refractivity contribution is 5.81. The lowest BCUT2D eigenvalue weighted by Crippen LogP contribution is -2.53. The zero-order valence-corrected chi connectivity index (χ0v) is 11.8. The molecule has 102 valence electrons. The molecule has 1 rings (SSSR count). The van der Waals surface area contributed by atoms with E-state index in [2.05, 4.69) is 35.5 Å². The third-order valence-corrected chi connectivity index (χ3v) is 3.98. The molecule has 0 aliphatic heterocycles. The maximum atomic E-state index is 11.7. The lowest BCUT2D eigenvalue weighted by atomic mass is 9.95. The lowest BCUT2D eigenvalue weighted by Gasteiger charge is -2.37. The highest BCUT2D eigenvalue weighted by Gasteiger charge is 2.36. The average molecular weight is 251 g/mol. The first-order valence-electron chi connectivity index (χ1n) is 6.64. The van der Waals surface area contributed by atoms with Crippen molar-refractivity contribution in [2.24, 2.45) is 0 Å². The Hall–Kier alpha value is -1.05. The molecule has 4 nitrogen and oxygen atoms in total. The van der Waals surface area contributed by atoms with Crippen LogP contribution in [0.2, 0.25) is 0 Å². The van der Waals surface area contributed by atoms with E-state index in [-0.39, 0.29) is 17.5 Å². The van der Waals surface area contributed by atoms with Crippen molar-refractivity contribution in [3.63, 3.8) is 0 Å². The van der Waals surface area contributed by atoms with Crippen molar-refractivity contribution in [3.8, 4) is 12.3 Å². The van der Waals surface area contributed by atoms with E-state index in [4.69, 9.17) is 6.42 Å². The summed E-state index contributed by atoms with van der Waals surface area (Å²) in [6.45, 7) is 3.03. The third-order valence-electron chi connectivity index (χ3n) is 3.98. The van der Waals surface area contributed by atoms with E-state index in [1.807, 2.05) is 6.92 Å². The van der Waals surface area contributed by atoms with Gasteiger partial charge in [-0.15, -0.1) is 6.42 Å². The van der Waals surface area contributed by atoms with Crippen molar-refractivity contribution in [3.05, 3.63) is 0 Å². The van der Waals surface area contributed by atoms with Gasteiger partial charge in [0.05, 0.1) is 12.6 Å². The topological polar surface area (TPSA) is 44.4 Å². The van der Waals surface area contributed by atoms with Crippen LogP contribution in [0.3, 0.4) is 0 Å². The summed E-state index contributed by atoms with van der Waals surface area (Å²) in [5.41, 5.74) is 0.209. The maximum absolute atomic E-state index is 11.7. The van der Waals surface area contributed by atoms with Gasteiger partial charge in [-0.1, -0.05) is 18.8 Å². The molecule has 1 aliphatic carbocycles. The molecule has 0 aromatic rings. The number of likely N-dealkylation sites (N-methyl/N-ethyl adjacent to an activating group) is 1. The summed E-state index contributed by atoms with van der Waals surface area (Å²) in [6, 6.07) is -0.198. The number of hydrogen-bond acceptors (Lipinski definition) is 3. The van der Waals surface area contributed by atoms with Gasteiger partial charge in [0.15, 0.2) is 0 Å². The Balaban J connectivity index is 2.43. The van der Waals surface area contributed by atoms with Gasteiger partial charge in [-0.2, -0.15) is 0 Å². The molecule has 0 bridgehead atoms. The van der Waals surface area contributed by atoms with Crippen LogP contribution in [0.25, 0.3) is 0 Å². The number of hydrogen-bond donors (Lipinski definition) is 2. The monoisotopic (exact) mass is 251 g/mol. The zero-order valence-electron chi connectivity index (χ0n) is 11.8. The van der Waals surface area contributed by atoms with Crippen molar-refractivity contribution in [1.82, 2.24) is 15.5 Å². The minimum atomic E-state index is -0.198. The molecule has 0 aromatic heterocycles. The smallest absolute Gasteiger partial charge is 0.237 e. The first-order chi connectivity index (χ1) is 8.52. The van der Waals surface area contributed by atoms with Crippen LogP contribution in [0.4, 0.5) is 0 Å². The van der Waals surface area contributed by atoms with Crippen molar-refractivity contribution >= 4 is 5.91 Å². The molecule has 0 saturated heterocycles. The van der Waals surface area contributed by atoms with Gasteiger partial charge in [0, 0.05) is 12.1 Å². The third kappa shape index (κ3) is 3.72. The molecule has 1 aliphatic rings. The fraction of sp³-hybridized carbons (Fsp3) is 0.786.